The maximum atomic E-state index is 12.3. The molecule has 0 aliphatic heterocycles. The molecule has 0 atom stereocenters. The molecule has 0 amide bonds. The number of rotatable bonds is 7. The van der Waals surface area contributed by atoms with Gasteiger partial charge < -0.3 is 30.6 Å². The molecule has 0 heterocycles. The molecule has 186 valence electrons. The third kappa shape index (κ3) is 3.72. The third-order valence-electron chi connectivity index (χ3n) is 6.02. The largest absolute Gasteiger partial charge is 0.478 e. The van der Waals surface area contributed by atoms with E-state index in [0.29, 0.717) is 5.56 Å². The summed E-state index contributed by atoms with van der Waals surface area (Å²) in [6.07, 6.45) is -0.250. The lowest BCUT2D eigenvalue weighted by atomic mass is 9.84. The Bertz CT molecular complexity index is 1610. The van der Waals surface area contributed by atoms with Crippen LogP contribution in [-0.4, -0.2) is 66.5 Å². The molecule has 0 saturated carbocycles. The normalized spacial score (nSPS) is 11.4. The zero-order chi connectivity index (χ0) is 27.3. The van der Waals surface area contributed by atoms with E-state index in [4.69, 9.17) is 0 Å². The van der Waals surface area contributed by atoms with Gasteiger partial charge in [0.25, 0.3) is 0 Å². The van der Waals surface area contributed by atoms with Gasteiger partial charge in [-0.05, 0) is 46.4 Å². The highest BCUT2D eigenvalue weighted by Gasteiger charge is 2.40. The summed E-state index contributed by atoms with van der Waals surface area (Å²) in [7, 11) is 0. The molecule has 3 aromatic rings. The Kier molecular flexibility index (Phi) is 5.72. The van der Waals surface area contributed by atoms with Crippen molar-refractivity contribution in [2.24, 2.45) is 0 Å². The van der Waals surface area contributed by atoms with Gasteiger partial charge in [-0.3, -0.25) is 0 Å². The Labute approximate surface area is 205 Å². The van der Waals surface area contributed by atoms with E-state index >= 15 is 0 Å². The molecule has 12 heteroatoms. The Morgan fingerprint density at radius 2 is 1.08 bits per heavy atom. The second-order valence-corrected chi connectivity index (χ2v) is 7.96. The number of fused-ring (bicyclic) bond motifs is 3. The Morgan fingerprint density at radius 1 is 0.541 bits per heavy atom. The lowest BCUT2D eigenvalue weighted by Crippen LogP contribution is -2.22. The Morgan fingerprint density at radius 3 is 1.59 bits per heavy atom. The molecule has 0 bridgehead atoms. The van der Waals surface area contributed by atoms with Crippen LogP contribution in [0.3, 0.4) is 0 Å². The molecular formula is C25H14O12. The van der Waals surface area contributed by atoms with E-state index in [0.717, 1.165) is 12.1 Å². The molecule has 12 nitrogen and oxygen atoms in total. The van der Waals surface area contributed by atoms with Gasteiger partial charge in [-0.2, -0.15) is 0 Å². The molecule has 0 aromatic heterocycles. The minimum Gasteiger partial charge on any atom is -0.478 e. The fraction of sp³-hybridized carbons (Fsp3) is 0.0400. The topological polar surface area (TPSA) is 224 Å². The van der Waals surface area contributed by atoms with Gasteiger partial charge in [0.15, 0.2) is 0 Å². The van der Waals surface area contributed by atoms with Gasteiger partial charge in [0.05, 0.1) is 33.4 Å². The van der Waals surface area contributed by atoms with Crippen LogP contribution < -0.4 is 0 Å². The van der Waals surface area contributed by atoms with Crippen molar-refractivity contribution in [3.05, 3.63) is 80.9 Å². The van der Waals surface area contributed by atoms with Crippen LogP contribution in [0.4, 0.5) is 0 Å². The first-order valence-electron chi connectivity index (χ1n) is 10.3. The van der Waals surface area contributed by atoms with E-state index in [-0.39, 0.29) is 34.2 Å². The van der Waals surface area contributed by atoms with Crippen molar-refractivity contribution in [2.75, 3.05) is 0 Å². The zero-order valence-electron chi connectivity index (χ0n) is 18.3. The summed E-state index contributed by atoms with van der Waals surface area (Å²) >= 11 is 0. The van der Waals surface area contributed by atoms with E-state index < -0.39 is 69.2 Å². The minimum absolute atomic E-state index is 0.0660. The molecule has 0 radical (unpaired) electrons. The van der Waals surface area contributed by atoms with E-state index in [1.807, 2.05) is 0 Å². The van der Waals surface area contributed by atoms with Gasteiger partial charge in [0, 0.05) is 5.56 Å². The van der Waals surface area contributed by atoms with Crippen LogP contribution in [-0.2, 0) is 6.42 Å². The van der Waals surface area contributed by atoms with Gasteiger partial charge in [0.1, 0.15) is 0 Å². The van der Waals surface area contributed by atoms with Crippen LogP contribution in [0.15, 0.2) is 36.4 Å². The van der Waals surface area contributed by atoms with Crippen LogP contribution in [0, 0.1) is 0 Å². The lowest BCUT2D eigenvalue weighted by Gasteiger charge is -2.18. The predicted octanol–water partition coefficient (Wildman–Crippen LogP) is 3.11. The fourth-order valence-electron chi connectivity index (χ4n) is 4.68. The van der Waals surface area contributed by atoms with Crippen LogP contribution in [0.25, 0.3) is 22.3 Å². The number of aromatic carboxylic acids is 6. The second-order valence-electron chi connectivity index (χ2n) is 7.96. The van der Waals surface area contributed by atoms with E-state index in [1.165, 1.54) is 24.3 Å². The smallest absolute Gasteiger partial charge is 0.337 e. The second kappa shape index (κ2) is 8.61. The molecule has 0 saturated heterocycles. The van der Waals surface area contributed by atoms with E-state index in [9.17, 15) is 59.4 Å². The van der Waals surface area contributed by atoms with Crippen molar-refractivity contribution in [1.29, 1.82) is 0 Å². The van der Waals surface area contributed by atoms with Gasteiger partial charge in [-0.15, -0.1) is 0 Å². The maximum absolute atomic E-state index is 12.3. The number of carboxylic acids is 6. The summed E-state index contributed by atoms with van der Waals surface area (Å²) in [6.45, 7) is 0. The first kappa shape index (κ1) is 24.6. The highest BCUT2D eigenvalue weighted by Crippen LogP contribution is 2.48. The monoisotopic (exact) mass is 506 g/mol. The van der Waals surface area contributed by atoms with Crippen molar-refractivity contribution in [2.45, 2.75) is 6.42 Å². The minimum atomic E-state index is -1.97. The molecule has 1 aliphatic rings. The zero-order valence-corrected chi connectivity index (χ0v) is 18.3. The van der Waals surface area contributed by atoms with E-state index in [2.05, 4.69) is 0 Å². The number of benzene rings is 3. The van der Waals surface area contributed by atoms with E-state index in [1.54, 1.807) is 0 Å². The first-order valence-corrected chi connectivity index (χ1v) is 10.3. The van der Waals surface area contributed by atoms with Crippen molar-refractivity contribution in [1.82, 2.24) is 0 Å². The molecule has 0 unspecified atom stereocenters. The van der Waals surface area contributed by atoms with Gasteiger partial charge in [0.2, 0.25) is 0 Å². The van der Waals surface area contributed by atoms with Gasteiger partial charge in [-0.25, -0.2) is 28.8 Å². The molecule has 37 heavy (non-hydrogen) atoms. The summed E-state index contributed by atoms with van der Waals surface area (Å²) in [6, 6.07) is 7.79. The number of carboxylic acid groups (broad SMARTS) is 6. The lowest BCUT2D eigenvalue weighted by molar-refractivity contribution is 0.0619. The van der Waals surface area contributed by atoms with Crippen molar-refractivity contribution in [3.63, 3.8) is 0 Å². The Hall–Kier alpha value is -5.52. The van der Waals surface area contributed by atoms with Crippen molar-refractivity contribution >= 4 is 35.8 Å². The van der Waals surface area contributed by atoms with Gasteiger partial charge >= 0.3 is 35.8 Å². The summed E-state index contributed by atoms with van der Waals surface area (Å²) in [5.74, 6) is -10.5. The Balaban J connectivity index is 2.18. The fourth-order valence-corrected chi connectivity index (χ4v) is 4.68. The quantitative estimate of drug-likeness (QED) is 0.213. The molecule has 0 spiro atoms. The molecule has 0 fully saturated rings. The average Bonchev–Trinajstić information content (AvgIpc) is 3.20. The van der Waals surface area contributed by atoms with Crippen LogP contribution in [0.2, 0.25) is 0 Å². The molecule has 3 aromatic carbocycles. The summed E-state index contributed by atoms with van der Waals surface area (Å²) < 4.78 is 0. The predicted molar refractivity (Wildman–Crippen MR) is 122 cm³/mol. The van der Waals surface area contributed by atoms with Crippen molar-refractivity contribution in [3.8, 4) is 22.3 Å². The number of hydrogen-bond acceptors (Lipinski definition) is 6. The molecule has 4 rings (SSSR count). The highest BCUT2D eigenvalue weighted by molar-refractivity contribution is 6.19. The van der Waals surface area contributed by atoms with Crippen LogP contribution >= 0.6 is 0 Å². The summed E-state index contributed by atoms with van der Waals surface area (Å²) in [5.41, 5.74) is -5.15. The SMILES string of the molecule is O=C(O)c1ccc(-c2cccc3c2-c2c(c(C(=O)O)c(C(=O)O)c(C(=O)O)c2C(=O)O)C3)cc1C(=O)O. The summed E-state index contributed by atoms with van der Waals surface area (Å²) in [4.78, 5) is 71.6. The molecule has 6 N–H and O–H groups in total. The number of hydrogen-bond donors (Lipinski definition) is 6. The van der Waals surface area contributed by atoms with Crippen LogP contribution in [0.1, 0.15) is 73.3 Å². The third-order valence-corrected chi connectivity index (χ3v) is 6.02. The first-order chi connectivity index (χ1) is 17.4. The summed E-state index contributed by atoms with van der Waals surface area (Å²) in [5, 5.41) is 58.0. The molecular weight excluding hydrogens is 492 g/mol. The highest BCUT2D eigenvalue weighted by atomic mass is 16.4. The standard InChI is InChI=1S/C25H14O12/c26-20(27)11-5-4-8(6-12(11)21(28)29)10-3-1-2-9-7-13-15(14(9)10)17(23(32)33)19(25(36)37)18(24(34)35)16(13)22(30)31/h1-6H,7H2,(H,26,27)(H,28,29)(H,30,31)(H,32,33)(H,34,35)(H,36,37). The van der Waals surface area contributed by atoms with Crippen molar-refractivity contribution < 1.29 is 59.4 Å². The molecule has 1 aliphatic carbocycles. The number of carbonyl (C=O) groups is 6. The van der Waals surface area contributed by atoms with Gasteiger partial charge in [-0.1, -0.05) is 24.3 Å². The van der Waals surface area contributed by atoms with Crippen LogP contribution in [0.5, 0.6) is 0 Å². The average molecular weight is 506 g/mol. The maximum Gasteiger partial charge on any atom is 0.337 e.